The molecule has 0 radical (unpaired) electrons. The fraction of sp³-hybridized carbons (Fsp3) is 0.571. The maximum atomic E-state index is 12.2. The third-order valence-corrected chi connectivity index (χ3v) is 6.07. The van der Waals surface area contributed by atoms with Crippen molar-refractivity contribution >= 4 is 50.9 Å². The molecule has 21 heavy (non-hydrogen) atoms. The Bertz CT molecular complexity index is 490. The van der Waals surface area contributed by atoms with Crippen molar-refractivity contribution < 1.29 is 14.7 Å². The van der Waals surface area contributed by atoms with Crippen molar-refractivity contribution in [3.63, 3.8) is 0 Å². The molecule has 1 atom stereocenters. The summed E-state index contributed by atoms with van der Waals surface area (Å²) in [6, 6.07) is 3.96. The van der Waals surface area contributed by atoms with Gasteiger partial charge in [0.25, 0.3) is 0 Å². The predicted octanol–water partition coefficient (Wildman–Crippen LogP) is 3.70. The second-order valence-corrected chi connectivity index (χ2v) is 8.61. The number of aliphatic carboxylic acids is 1. The van der Waals surface area contributed by atoms with Crippen molar-refractivity contribution in [2.45, 2.75) is 32.6 Å². The van der Waals surface area contributed by atoms with Gasteiger partial charge in [-0.1, -0.05) is 13.8 Å². The summed E-state index contributed by atoms with van der Waals surface area (Å²) in [5.41, 5.74) is 0. The van der Waals surface area contributed by atoms with Crippen LogP contribution in [0.15, 0.2) is 15.9 Å². The van der Waals surface area contributed by atoms with Crippen molar-refractivity contribution in [2.24, 2.45) is 5.92 Å². The molecule has 1 heterocycles. The van der Waals surface area contributed by atoms with Gasteiger partial charge in [-0.2, -0.15) is 0 Å². The average molecular weight is 394 g/mol. The molecule has 1 rings (SSSR count). The summed E-state index contributed by atoms with van der Waals surface area (Å²) in [7, 11) is 0. The highest BCUT2D eigenvalue weighted by Crippen LogP contribution is 2.24. The Morgan fingerprint density at radius 3 is 2.52 bits per heavy atom. The Labute approximate surface area is 142 Å². The molecule has 0 aliphatic carbocycles. The first-order chi connectivity index (χ1) is 9.85. The van der Waals surface area contributed by atoms with Crippen LogP contribution in [0.1, 0.15) is 25.6 Å². The molecule has 0 bridgehead atoms. The topological polar surface area (TPSA) is 57.6 Å². The maximum absolute atomic E-state index is 12.2. The van der Waals surface area contributed by atoms with E-state index in [1.165, 1.54) is 11.8 Å². The van der Waals surface area contributed by atoms with Crippen LogP contribution in [0.4, 0.5) is 0 Å². The zero-order valence-corrected chi connectivity index (χ0v) is 15.6. The Kier molecular flexibility index (Phi) is 7.76. The van der Waals surface area contributed by atoms with E-state index in [9.17, 15) is 9.59 Å². The smallest absolute Gasteiger partial charge is 0.316 e. The number of carbonyl (C=O) groups excluding carboxylic acids is 1. The van der Waals surface area contributed by atoms with Crippen molar-refractivity contribution in [3.8, 4) is 0 Å². The van der Waals surface area contributed by atoms with E-state index < -0.39 is 11.2 Å². The average Bonchev–Trinajstić information content (AvgIpc) is 2.80. The number of hydrogen-bond acceptors (Lipinski definition) is 4. The van der Waals surface area contributed by atoms with E-state index in [1.807, 2.05) is 32.9 Å². The molecule has 4 nitrogen and oxygen atoms in total. The second kappa shape index (κ2) is 8.80. The van der Waals surface area contributed by atoms with Crippen molar-refractivity contribution in [3.05, 3.63) is 20.8 Å². The van der Waals surface area contributed by atoms with Gasteiger partial charge in [0.1, 0.15) is 5.25 Å². The quantitative estimate of drug-likeness (QED) is 0.731. The summed E-state index contributed by atoms with van der Waals surface area (Å²) < 4.78 is 1.04. The summed E-state index contributed by atoms with van der Waals surface area (Å²) in [5, 5.41) is 8.60. The molecule has 1 aromatic rings. The molecule has 0 saturated carbocycles. The minimum absolute atomic E-state index is 0.00336. The summed E-state index contributed by atoms with van der Waals surface area (Å²) in [5.74, 6) is -0.661. The van der Waals surface area contributed by atoms with Crippen molar-refractivity contribution in [1.29, 1.82) is 0 Å². The van der Waals surface area contributed by atoms with Crippen LogP contribution < -0.4 is 0 Å². The lowest BCUT2D eigenvalue weighted by Gasteiger charge is -2.22. The Hall–Kier alpha value is -0.530. The van der Waals surface area contributed by atoms with Gasteiger partial charge in [-0.25, -0.2) is 0 Å². The van der Waals surface area contributed by atoms with Gasteiger partial charge in [0.2, 0.25) is 5.91 Å². The minimum atomic E-state index is -0.854. The zero-order valence-electron chi connectivity index (χ0n) is 12.3. The monoisotopic (exact) mass is 393 g/mol. The molecule has 1 aromatic heterocycles. The normalized spacial score (nSPS) is 12.4. The molecule has 1 amide bonds. The lowest BCUT2D eigenvalue weighted by molar-refractivity contribution is -0.137. The van der Waals surface area contributed by atoms with Gasteiger partial charge in [0, 0.05) is 11.4 Å². The van der Waals surface area contributed by atoms with Crippen LogP contribution >= 0.6 is 39.0 Å². The molecular formula is C14H20BrNO3S2. The number of rotatable bonds is 8. The molecule has 1 unspecified atom stereocenters. The van der Waals surface area contributed by atoms with Crippen LogP contribution in [0, 0.1) is 5.92 Å². The number of nitrogens with zero attached hydrogens (tertiary/aromatic N) is 1. The molecule has 0 saturated heterocycles. The lowest BCUT2D eigenvalue weighted by atomic mass is 10.1. The standard InChI is InChI=1S/C14H20BrNO3S2/c1-4-16(7-10-5-6-11(15)21-10)12(17)8-20-13(9(2)3)14(18)19/h5-6,9,13H,4,7-8H2,1-3H3,(H,18,19). The van der Waals surface area contributed by atoms with Crippen LogP contribution in [0.5, 0.6) is 0 Å². The number of carboxylic acids is 1. The fourth-order valence-corrected chi connectivity index (χ4v) is 4.33. The molecule has 0 spiro atoms. The zero-order chi connectivity index (χ0) is 16.0. The number of thioether (sulfide) groups is 1. The van der Waals surface area contributed by atoms with Crippen LogP contribution in [-0.2, 0) is 16.1 Å². The summed E-state index contributed by atoms with van der Waals surface area (Å²) in [4.78, 5) is 26.2. The highest BCUT2D eigenvalue weighted by atomic mass is 79.9. The molecular weight excluding hydrogens is 374 g/mol. The van der Waals surface area contributed by atoms with Gasteiger partial charge in [0.15, 0.2) is 0 Å². The van der Waals surface area contributed by atoms with Gasteiger partial charge in [-0.05, 0) is 40.9 Å². The molecule has 0 aliphatic rings. The predicted molar refractivity (Wildman–Crippen MR) is 91.8 cm³/mol. The largest absolute Gasteiger partial charge is 0.480 e. The van der Waals surface area contributed by atoms with E-state index >= 15 is 0 Å². The van der Waals surface area contributed by atoms with Gasteiger partial charge in [-0.15, -0.1) is 23.1 Å². The number of amides is 1. The lowest BCUT2D eigenvalue weighted by Crippen LogP contribution is -2.33. The first-order valence-electron chi connectivity index (χ1n) is 6.71. The number of thiophene rings is 1. The maximum Gasteiger partial charge on any atom is 0.316 e. The van der Waals surface area contributed by atoms with E-state index in [-0.39, 0.29) is 17.6 Å². The molecule has 118 valence electrons. The molecule has 0 fully saturated rings. The van der Waals surface area contributed by atoms with Gasteiger partial charge >= 0.3 is 5.97 Å². The van der Waals surface area contributed by atoms with Crippen molar-refractivity contribution in [1.82, 2.24) is 4.90 Å². The molecule has 7 heteroatoms. The van der Waals surface area contributed by atoms with Gasteiger partial charge in [-0.3, -0.25) is 9.59 Å². The number of hydrogen-bond donors (Lipinski definition) is 1. The minimum Gasteiger partial charge on any atom is -0.480 e. The van der Waals surface area contributed by atoms with E-state index in [4.69, 9.17) is 5.11 Å². The SMILES string of the molecule is CCN(Cc1ccc(Br)s1)C(=O)CSC(C(=O)O)C(C)C. The van der Waals surface area contributed by atoms with Crippen LogP contribution in [-0.4, -0.2) is 39.4 Å². The van der Waals surface area contributed by atoms with Gasteiger partial charge in [0.05, 0.1) is 16.1 Å². The second-order valence-electron chi connectivity index (χ2n) is 4.93. The third kappa shape index (κ3) is 6.00. The third-order valence-electron chi connectivity index (χ3n) is 2.95. The summed E-state index contributed by atoms with van der Waals surface area (Å²) in [6.07, 6.45) is 0. The first kappa shape index (κ1) is 18.5. The van der Waals surface area contributed by atoms with E-state index in [2.05, 4.69) is 15.9 Å². The van der Waals surface area contributed by atoms with Crippen LogP contribution in [0.3, 0.4) is 0 Å². The Morgan fingerprint density at radius 2 is 2.10 bits per heavy atom. The first-order valence-corrected chi connectivity index (χ1v) is 9.37. The van der Waals surface area contributed by atoms with Crippen molar-refractivity contribution in [2.75, 3.05) is 12.3 Å². The van der Waals surface area contributed by atoms with Gasteiger partial charge < -0.3 is 10.0 Å². The number of carboxylic acid groups (broad SMARTS) is 1. The Morgan fingerprint density at radius 1 is 1.43 bits per heavy atom. The Balaban J connectivity index is 2.57. The van der Waals surface area contributed by atoms with Crippen LogP contribution in [0.2, 0.25) is 0 Å². The van der Waals surface area contributed by atoms with E-state index in [0.29, 0.717) is 13.1 Å². The summed E-state index contributed by atoms with van der Waals surface area (Å²) >= 11 is 6.22. The number of halogens is 1. The molecule has 0 aliphatic heterocycles. The molecule has 0 aromatic carbocycles. The van der Waals surface area contributed by atoms with E-state index in [1.54, 1.807) is 16.2 Å². The fourth-order valence-electron chi connectivity index (χ4n) is 1.80. The molecule has 1 N–H and O–H groups in total. The summed E-state index contributed by atoms with van der Waals surface area (Å²) in [6.45, 7) is 6.84. The van der Waals surface area contributed by atoms with E-state index in [0.717, 1.165) is 8.66 Å². The highest BCUT2D eigenvalue weighted by molar-refractivity contribution is 9.11. The van der Waals surface area contributed by atoms with Crippen LogP contribution in [0.25, 0.3) is 0 Å². The number of carbonyl (C=O) groups is 2. The highest BCUT2D eigenvalue weighted by Gasteiger charge is 2.24.